The summed E-state index contributed by atoms with van der Waals surface area (Å²) in [7, 11) is 1.78. The zero-order valence-electron chi connectivity index (χ0n) is 11.1. The third kappa shape index (κ3) is 6.69. The lowest BCUT2D eigenvalue weighted by Gasteiger charge is -2.17. The van der Waals surface area contributed by atoms with Crippen LogP contribution in [0.1, 0.15) is 19.3 Å². The van der Waals surface area contributed by atoms with Crippen molar-refractivity contribution in [2.24, 2.45) is 0 Å². The number of unbranched alkanes of at least 4 members (excludes halogenated alkanes) is 2. The maximum atomic E-state index is 11.8. The fraction of sp³-hybridized carbons (Fsp3) is 0.500. The van der Waals surface area contributed by atoms with E-state index in [1.165, 1.54) is 0 Å². The van der Waals surface area contributed by atoms with Crippen LogP contribution in [0.3, 0.4) is 0 Å². The van der Waals surface area contributed by atoms with Crippen molar-refractivity contribution in [3.05, 3.63) is 29.3 Å². The molecule has 1 amide bonds. The number of benzene rings is 1. The molecule has 0 aliphatic rings. The highest BCUT2D eigenvalue weighted by atomic mass is 35.5. The summed E-state index contributed by atoms with van der Waals surface area (Å²) in [6.45, 7) is 0.765. The molecule has 0 saturated carbocycles. The number of ether oxygens (including phenoxy) is 1. The second-order valence-corrected chi connectivity index (χ2v) is 5.13. The maximum absolute atomic E-state index is 11.8. The predicted molar refractivity (Wildman–Crippen MR) is 79.2 cm³/mol. The molecule has 1 aromatic rings. The summed E-state index contributed by atoms with van der Waals surface area (Å²) < 4.78 is 5.40. The van der Waals surface area contributed by atoms with Crippen molar-refractivity contribution >= 4 is 29.1 Å². The van der Waals surface area contributed by atoms with Gasteiger partial charge in [0.1, 0.15) is 5.75 Å². The topological polar surface area (TPSA) is 29.5 Å². The van der Waals surface area contributed by atoms with Crippen molar-refractivity contribution in [1.29, 1.82) is 0 Å². The van der Waals surface area contributed by atoms with Gasteiger partial charge in [0, 0.05) is 24.5 Å². The van der Waals surface area contributed by atoms with Crippen molar-refractivity contribution in [2.45, 2.75) is 19.3 Å². The Morgan fingerprint density at radius 1 is 1.32 bits per heavy atom. The van der Waals surface area contributed by atoms with E-state index in [4.69, 9.17) is 27.9 Å². The van der Waals surface area contributed by atoms with Gasteiger partial charge < -0.3 is 9.64 Å². The molecule has 0 aliphatic heterocycles. The third-order valence-corrected chi connectivity index (χ3v) is 3.21. The van der Waals surface area contributed by atoms with E-state index in [1.54, 1.807) is 36.2 Å². The fourth-order valence-corrected chi connectivity index (χ4v) is 1.93. The Hall–Kier alpha value is -0.930. The van der Waals surface area contributed by atoms with E-state index in [0.717, 1.165) is 25.8 Å². The lowest BCUT2D eigenvalue weighted by atomic mass is 10.2. The number of carbonyl (C=O) groups excluding carboxylic acids is 1. The first kappa shape index (κ1) is 16.1. The molecule has 1 rings (SSSR count). The lowest BCUT2D eigenvalue weighted by molar-refractivity contribution is -0.132. The molecule has 0 heterocycles. The van der Waals surface area contributed by atoms with E-state index >= 15 is 0 Å². The van der Waals surface area contributed by atoms with Crippen LogP contribution in [-0.2, 0) is 4.79 Å². The van der Waals surface area contributed by atoms with Gasteiger partial charge in [0.25, 0.3) is 5.91 Å². The first-order valence-electron chi connectivity index (χ1n) is 6.32. The zero-order chi connectivity index (χ0) is 14.1. The quantitative estimate of drug-likeness (QED) is 0.542. The molecule has 0 saturated heterocycles. The number of nitrogens with zero attached hydrogens (tertiary/aromatic N) is 1. The van der Waals surface area contributed by atoms with Crippen LogP contribution in [0.25, 0.3) is 0 Å². The standard InChI is InChI=1S/C14H19Cl2NO2/c1-17(9-4-2-3-8-15)14(18)11-19-13-7-5-6-12(16)10-13/h5-7,10H,2-4,8-9,11H2,1H3. The highest BCUT2D eigenvalue weighted by Gasteiger charge is 2.09. The number of halogens is 2. The highest BCUT2D eigenvalue weighted by Crippen LogP contribution is 2.17. The molecule has 0 spiro atoms. The summed E-state index contributed by atoms with van der Waals surface area (Å²) in [4.78, 5) is 13.5. The Kier molecular flexibility index (Phi) is 7.68. The van der Waals surface area contributed by atoms with E-state index in [0.29, 0.717) is 16.7 Å². The van der Waals surface area contributed by atoms with Crippen LogP contribution in [0.2, 0.25) is 5.02 Å². The van der Waals surface area contributed by atoms with E-state index in [2.05, 4.69) is 0 Å². The van der Waals surface area contributed by atoms with E-state index in [9.17, 15) is 4.79 Å². The van der Waals surface area contributed by atoms with E-state index in [1.807, 2.05) is 0 Å². The second-order valence-electron chi connectivity index (χ2n) is 4.31. The molecule has 5 heteroatoms. The van der Waals surface area contributed by atoms with Gasteiger partial charge in [0.05, 0.1) is 0 Å². The summed E-state index contributed by atoms with van der Waals surface area (Å²) in [6, 6.07) is 7.02. The number of carbonyl (C=O) groups is 1. The number of likely N-dealkylation sites (N-methyl/N-ethyl adjacent to an activating group) is 1. The van der Waals surface area contributed by atoms with Crippen molar-refractivity contribution < 1.29 is 9.53 Å². The summed E-state index contributed by atoms with van der Waals surface area (Å²) in [5, 5.41) is 0.597. The van der Waals surface area contributed by atoms with Crippen LogP contribution in [0.15, 0.2) is 24.3 Å². The molecule has 0 fully saturated rings. The molecule has 1 aromatic carbocycles. The van der Waals surface area contributed by atoms with Gasteiger partial charge >= 0.3 is 0 Å². The lowest BCUT2D eigenvalue weighted by Crippen LogP contribution is -2.32. The summed E-state index contributed by atoms with van der Waals surface area (Å²) in [5.41, 5.74) is 0. The first-order chi connectivity index (χ1) is 9.13. The summed E-state index contributed by atoms with van der Waals surface area (Å²) >= 11 is 11.4. The number of alkyl halides is 1. The van der Waals surface area contributed by atoms with Crippen LogP contribution >= 0.6 is 23.2 Å². The van der Waals surface area contributed by atoms with Gasteiger partial charge in [-0.1, -0.05) is 24.1 Å². The predicted octanol–water partition coefficient (Wildman–Crippen LogP) is 3.59. The fourth-order valence-electron chi connectivity index (χ4n) is 1.56. The van der Waals surface area contributed by atoms with E-state index in [-0.39, 0.29) is 12.5 Å². The van der Waals surface area contributed by atoms with Gasteiger partial charge in [-0.15, -0.1) is 11.6 Å². The van der Waals surface area contributed by atoms with Crippen LogP contribution in [0.4, 0.5) is 0 Å². The average molecular weight is 304 g/mol. The third-order valence-electron chi connectivity index (χ3n) is 2.71. The van der Waals surface area contributed by atoms with Crippen molar-refractivity contribution in [3.8, 4) is 5.75 Å². The number of amides is 1. The molecule has 106 valence electrons. The summed E-state index contributed by atoms with van der Waals surface area (Å²) in [6.07, 6.45) is 2.99. The normalized spacial score (nSPS) is 10.3. The molecule has 0 bridgehead atoms. The van der Waals surface area contributed by atoms with Gasteiger partial charge in [-0.25, -0.2) is 0 Å². The molecule has 3 nitrogen and oxygen atoms in total. The molecule has 0 aliphatic carbocycles. The Bertz CT molecular complexity index is 399. The smallest absolute Gasteiger partial charge is 0.260 e. The van der Waals surface area contributed by atoms with Gasteiger partial charge in [-0.05, 0) is 31.0 Å². The van der Waals surface area contributed by atoms with E-state index < -0.39 is 0 Å². The molecule has 0 radical (unpaired) electrons. The minimum Gasteiger partial charge on any atom is -0.484 e. The van der Waals surface area contributed by atoms with Crippen molar-refractivity contribution in [2.75, 3.05) is 26.1 Å². The van der Waals surface area contributed by atoms with Gasteiger partial charge in [0.2, 0.25) is 0 Å². The van der Waals surface area contributed by atoms with Crippen LogP contribution in [-0.4, -0.2) is 36.9 Å². The molecular weight excluding hydrogens is 285 g/mol. The molecular formula is C14H19Cl2NO2. The molecule has 0 N–H and O–H groups in total. The number of hydrogen-bond acceptors (Lipinski definition) is 2. The van der Waals surface area contributed by atoms with Crippen LogP contribution < -0.4 is 4.74 Å². The van der Waals surface area contributed by atoms with Crippen molar-refractivity contribution in [3.63, 3.8) is 0 Å². The number of rotatable bonds is 8. The van der Waals surface area contributed by atoms with Gasteiger partial charge in [0.15, 0.2) is 6.61 Å². The van der Waals surface area contributed by atoms with Crippen LogP contribution in [0, 0.1) is 0 Å². The molecule has 0 aromatic heterocycles. The Morgan fingerprint density at radius 2 is 2.11 bits per heavy atom. The van der Waals surface area contributed by atoms with Gasteiger partial charge in [-0.3, -0.25) is 4.79 Å². The zero-order valence-corrected chi connectivity index (χ0v) is 12.6. The summed E-state index contributed by atoms with van der Waals surface area (Å²) in [5.74, 6) is 1.25. The first-order valence-corrected chi connectivity index (χ1v) is 7.23. The van der Waals surface area contributed by atoms with Crippen molar-refractivity contribution in [1.82, 2.24) is 4.90 Å². The minimum absolute atomic E-state index is 0.0341. The molecule has 0 unspecified atom stereocenters. The second kappa shape index (κ2) is 9.05. The maximum Gasteiger partial charge on any atom is 0.260 e. The molecule has 0 atom stereocenters. The van der Waals surface area contributed by atoms with Crippen LogP contribution in [0.5, 0.6) is 5.75 Å². The minimum atomic E-state index is -0.0363. The Morgan fingerprint density at radius 3 is 2.79 bits per heavy atom. The molecule has 19 heavy (non-hydrogen) atoms. The average Bonchev–Trinajstić information content (AvgIpc) is 2.41. The Balaban J connectivity index is 2.26. The Labute approximate surface area is 124 Å². The van der Waals surface area contributed by atoms with Gasteiger partial charge in [-0.2, -0.15) is 0 Å². The number of hydrogen-bond donors (Lipinski definition) is 0. The largest absolute Gasteiger partial charge is 0.484 e. The highest BCUT2D eigenvalue weighted by molar-refractivity contribution is 6.30. The monoisotopic (exact) mass is 303 g/mol. The SMILES string of the molecule is CN(CCCCCCl)C(=O)COc1cccc(Cl)c1.